The number of aromatic nitrogens is 2. The monoisotopic (exact) mass is 360 g/mol. The highest BCUT2D eigenvalue weighted by Crippen LogP contribution is 2.35. The first-order chi connectivity index (χ1) is 11.9. The maximum atomic E-state index is 13.1. The fourth-order valence-electron chi connectivity index (χ4n) is 3.88. The minimum Gasteiger partial charge on any atom is -0.333 e. The summed E-state index contributed by atoms with van der Waals surface area (Å²) in [5, 5.41) is 6.70. The van der Waals surface area contributed by atoms with Crippen molar-refractivity contribution in [2.75, 3.05) is 19.6 Å². The summed E-state index contributed by atoms with van der Waals surface area (Å²) in [5.41, 5.74) is 3.15. The van der Waals surface area contributed by atoms with Crippen LogP contribution >= 0.6 is 0 Å². The number of benzene rings is 1. The molecule has 0 spiro atoms. The normalized spacial score (nSPS) is 21.1. The minimum absolute atomic E-state index is 0.120. The smallest absolute Gasteiger partial charge is 0.247 e. The van der Waals surface area contributed by atoms with Crippen molar-refractivity contribution >= 4 is 15.9 Å². The highest BCUT2D eigenvalue weighted by atomic mass is 32.2. The minimum atomic E-state index is -3.77. The molecule has 25 heavy (non-hydrogen) atoms. The zero-order chi connectivity index (χ0) is 17.8. The van der Waals surface area contributed by atoms with Gasteiger partial charge in [0.15, 0.2) is 0 Å². The number of aromatic amines is 1. The Labute approximate surface area is 146 Å². The van der Waals surface area contributed by atoms with Gasteiger partial charge in [-0.25, -0.2) is 8.42 Å². The van der Waals surface area contributed by atoms with E-state index in [0.717, 1.165) is 12.0 Å². The zero-order valence-corrected chi connectivity index (χ0v) is 15.0. The zero-order valence-electron chi connectivity index (χ0n) is 14.2. The van der Waals surface area contributed by atoms with Gasteiger partial charge in [-0.1, -0.05) is 24.3 Å². The molecule has 0 radical (unpaired) electrons. The van der Waals surface area contributed by atoms with E-state index >= 15 is 0 Å². The summed E-state index contributed by atoms with van der Waals surface area (Å²) in [6, 6.07) is 7.73. The summed E-state index contributed by atoms with van der Waals surface area (Å²) in [5.74, 6) is -0.145. The molecule has 0 unspecified atom stereocenters. The summed E-state index contributed by atoms with van der Waals surface area (Å²) in [6.07, 6.45) is 0.811. The van der Waals surface area contributed by atoms with E-state index in [2.05, 4.69) is 16.3 Å². The number of rotatable bonds is 2. The number of piperazine rings is 1. The highest BCUT2D eigenvalue weighted by Gasteiger charge is 2.42. The Bertz CT molecular complexity index is 931. The molecule has 1 amide bonds. The second kappa shape index (κ2) is 5.67. The molecule has 2 aliphatic heterocycles. The van der Waals surface area contributed by atoms with E-state index in [4.69, 9.17) is 0 Å². The van der Waals surface area contributed by atoms with E-state index in [1.165, 1.54) is 9.87 Å². The van der Waals surface area contributed by atoms with Gasteiger partial charge in [0.25, 0.3) is 0 Å². The predicted octanol–water partition coefficient (Wildman–Crippen LogP) is 1.16. The third-order valence-corrected chi connectivity index (χ3v) is 7.15. The van der Waals surface area contributed by atoms with Gasteiger partial charge in [-0.05, 0) is 31.4 Å². The SMILES string of the molecule is Cc1n[nH]c(C)c1S(=O)(=O)N1CC(=O)N2CCc3ccccc3[C@H]2C1. The van der Waals surface area contributed by atoms with Crippen molar-refractivity contribution in [3.63, 3.8) is 0 Å². The second-order valence-corrected chi connectivity index (χ2v) is 8.49. The van der Waals surface area contributed by atoms with Gasteiger partial charge in [-0.3, -0.25) is 9.89 Å². The standard InChI is InChI=1S/C17H20N4O3S/c1-11-17(12(2)19-18-11)25(23,24)20-9-15-14-6-4-3-5-13(14)7-8-21(15)16(22)10-20/h3-6,15H,7-10H2,1-2H3,(H,18,19)/t15-/m1/s1. The second-order valence-electron chi connectivity index (χ2n) is 6.61. The number of aryl methyl sites for hydroxylation is 2. The molecule has 7 nitrogen and oxygen atoms in total. The van der Waals surface area contributed by atoms with Crippen molar-refractivity contribution in [3.8, 4) is 0 Å². The summed E-state index contributed by atoms with van der Waals surface area (Å²) in [4.78, 5) is 14.6. The lowest BCUT2D eigenvalue weighted by Crippen LogP contribution is -2.55. The Morgan fingerprint density at radius 2 is 2.00 bits per heavy atom. The molecule has 132 valence electrons. The molecule has 2 aliphatic rings. The first kappa shape index (κ1) is 16.3. The number of sulfonamides is 1. The third-order valence-electron chi connectivity index (χ3n) is 5.08. The van der Waals surface area contributed by atoms with Crippen molar-refractivity contribution in [2.45, 2.75) is 31.2 Å². The number of H-pyrrole nitrogens is 1. The fraction of sp³-hybridized carbons (Fsp3) is 0.412. The van der Waals surface area contributed by atoms with Crippen LogP contribution in [0.1, 0.15) is 28.6 Å². The van der Waals surface area contributed by atoms with Gasteiger partial charge >= 0.3 is 0 Å². The first-order valence-corrected chi connectivity index (χ1v) is 9.72. The van der Waals surface area contributed by atoms with Gasteiger partial charge in [0.2, 0.25) is 15.9 Å². The summed E-state index contributed by atoms with van der Waals surface area (Å²) in [6.45, 7) is 4.13. The predicted molar refractivity (Wildman–Crippen MR) is 91.4 cm³/mol. The maximum absolute atomic E-state index is 13.1. The molecule has 0 saturated carbocycles. The van der Waals surface area contributed by atoms with Gasteiger partial charge in [-0.15, -0.1) is 0 Å². The number of nitrogens with zero attached hydrogens (tertiary/aromatic N) is 3. The molecule has 1 atom stereocenters. The van der Waals surface area contributed by atoms with Gasteiger partial charge < -0.3 is 4.90 Å². The van der Waals surface area contributed by atoms with Crippen LogP contribution in [0.25, 0.3) is 0 Å². The molecular formula is C17H20N4O3S. The molecule has 0 bridgehead atoms. The molecule has 2 aromatic rings. The molecular weight excluding hydrogens is 340 g/mol. The molecule has 3 heterocycles. The Morgan fingerprint density at radius 1 is 1.24 bits per heavy atom. The van der Waals surface area contributed by atoms with Crippen LogP contribution in [-0.2, 0) is 21.2 Å². The summed E-state index contributed by atoms with van der Waals surface area (Å²) >= 11 is 0. The Hall–Kier alpha value is -2.19. The topological polar surface area (TPSA) is 86.4 Å². The van der Waals surface area contributed by atoms with E-state index in [-0.39, 0.29) is 29.9 Å². The largest absolute Gasteiger partial charge is 0.333 e. The number of nitrogens with one attached hydrogen (secondary N) is 1. The summed E-state index contributed by atoms with van der Waals surface area (Å²) < 4.78 is 27.5. The van der Waals surface area contributed by atoms with Crippen molar-refractivity contribution in [2.24, 2.45) is 0 Å². The van der Waals surface area contributed by atoms with Crippen molar-refractivity contribution in [3.05, 3.63) is 46.8 Å². The van der Waals surface area contributed by atoms with Crippen molar-refractivity contribution in [1.29, 1.82) is 0 Å². The molecule has 1 aromatic carbocycles. The maximum Gasteiger partial charge on any atom is 0.247 e. The number of fused-ring (bicyclic) bond motifs is 3. The van der Waals surface area contributed by atoms with Crippen molar-refractivity contribution < 1.29 is 13.2 Å². The van der Waals surface area contributed by atoms with Gasteiger partial charge in [0.05, 0.1) is 24.0 Å². The lowest BCUT2D eigenvalue weighted by atomic mass is 9.91. The third kappa shape index (κ3) is 2.47. The molecule has 1 fully saturated rings. The first-order valence-electron chi connectivity index (χ1n) is 8.28. The van der Waals surface area contributed by atoms with E-state index in [1.807, 2.05) is 23.1 Å². The van der Waals surface area contributed by atoms with Crippen LogP contribution in [-0.4, -0.2) is 53.4 Å². The molecule has 1 saturated heterocycles. The molecule has 1 aromatic heterocycles. The average Bonchev–Trinajstić information content (AvgIpc) is 2.93. The molecule has 0 aliphatic carbocycles. The Morgan fingerprint density at radius 3 is 2.72 bits per heavy atom. The molecule has 8 heteroatoms. The average molecular weight is 360 g/mol. The van der Waals surface area contributed by atoms with Crippen LogP contribution in [0, 0.1) is 13.8 Å². The number of carbonyl (C=O) groups is 1. The number of carbonyl (C=O) groups excluding carboxylic acids is 1. The van der Waals surface area contributed by atoms with Crippen LogP contribution in [0.4, 0.5) is 0 Å². The van der Waals surface area contributed by atoms with E-state index < -0.39 is 10.0 Å². The lowest BCUT2D eigenvalue weighted by molar-refractivity contribution is -0.138. The number of hydrogen-bond donors (Lipinski definition) is 1. The van der Waals surface area contributed by atoms with E-state index in [9.17, 15) is 13.2 Å². The molecule has 4 rings (SSSR count). The van der Waals surface area contributed by atoms with Gasteiger partial charge in [0, 0.05) is 13.1 Å². The number of hydrogen-bond acceptors (Lipinski definition) is 4. The quantitative estimate of drug-likeness (QED) is 0.871. The van der Waals surface area contributed by atoms with Gasteiger partial charge in [0.1, 0.15) is 4.90 Å². The van der Waals surface area contributed by atoms with Crippen LogP contribution in [0.3, 0.4) is 0 Å². The van der Waals surface area contributed by atoms with Crippen molar-refractivity contribution in [1.82, 2.24) is 19.4 Å². The Kier molecular flexibility index (Phi) is 3.69. The van der Waals surface area contributed by atoms with E-state index in [1.54, 1.807) is 13.8 Å². The van der Waals surface area contributed by atoms with E-state index in [0.29, 0.717) is 17.9 Å². The van der Waals surface area contributed by atoms with Crippen LogP contribution in [0.15, 0.2) is 29.2 Å². The molecule has 1 N–H and O–H groups in total. The van der Waals surface area contributed by atoms with Crippen LogP contribution < -0.4 is 0 Å². The fourth-order valence-corrected chi connectivity index (χ4v) is 5.61. The van der Waals surface area contributed by atoms with Gasteiger partial charge in [-0.2, -0.15) is 9.40 Å². The number of amides is 1. The van der Waals surface area contributed by atoms with Crippen LogP contribution in [0.5, 0.6) is 0 Å². The lowest BCUT2D eigenvalue weighted by Gasteiger charge is -2.44. The van der Waals surface area contributed by atoms with Crippen LogP contribution in [0.2, 0.25) is 0 Å². The summed E-state index contributed by atoms with van der Waals surface area (Å²) in [7, 11) is -3.77. The Balaban J connectivity index is 1.74. The highest BCUT2D eigenvalue weighted by molar-refractivity contribution is 7.89.